The van der Waals surface area contributed by atoms with Crippen LogP contribution in [0.5, 0.6) is 5.75 Å². The Kier molecular flexibility index (Phi) is 4.08. The summed E-state index contributed by atoms with van der Waals surface area (Å²) in [5.41, 5.74) is 0.855. The van der Waals surface area contributed by atoms with Crippen LogP contribution >= 0.6 is 0 Å². The summed E-state index contributed by atoms with van der Waals surface area (Å²) in [6.45, 7) is 2.07. The Balaban J connectivity index is 1.77. The van der Waals surface area contributed by atoms with Crippen LogP contribution in [-0.4, -0.2) is 19.1 Å². The molecule has 9 heteroatoms. The Labute approximate surface area is 157 Å². The lowest BCUT2D eigenvalue weighted by Gasteiger charge is -2.48. The first-order chi connectivity index (χ1) is 12.6. The number of hydrogen-bond acceptors (Lipinski definition) is 6. The fourth-order valence-corrected chi connectivity index (χ4v) is 6.18. The second-order valence-electron chi connectivity index (χ2n) is 8.15. The van der Waals surface area contributed by atoms with Crippen LogP contribution < -0.4 is 9.32 Å². The van der Waals surface area contributed by atoms with Crippen LogP contribution in [0.2, 0.25) is 0 Å². The largest absolute Gasteiger partial charge is 0.380 e. The van der Waals surface area contributed by atoms with Gasteiger partial charge in [-0.05, 0) is 61.5 Å². The van der Waals surface area contributed by atoms with Gasteiger partial charge in [0.2, 0.25) is 5.75 Å². The van der Waals surface area contributed by atoms with E-state index in [9.17, 15) is 23.3 Å². The van der Waals surface area contributed by atoms with Crippen LogP contribution in [0.4, 0.5) is 5.69 Å². The zero-order valence-corrected chi connectivity index (χ0v) is 15.8. The Bertz CT molecular complexity index is 943. The van der Waals surface area contributed by atoms with Gasteiger partial charge in [-0.3, -0.25) is 14.9 Å². The number of rotatable bonds is 3. The van der Waals surface area contributed by atoms with Crippen molar-refractivity contribution >= 4 is 21.8 Å². The van der Waals surface area contributed by atoms with E-state index in [2.05, 4.69) is 11.1 Å². The molecule has 3 aliphatic carbocycles. The lowest BCUT2D eigenvalue weighted by molar-refractivity contribution is -0.386. The van der Waals surface area contributed by atoms with Crippen molar-refractivity contribution in [2.45, 2.75) is 51.4 Å². The maximum atomic E-state index is 12.4. The zero-order chi connectivity index (χ0) is 19.6. The second-order valence-corrected chi connectivity index (χ2v) is 9.30. The van der Waals surface area contributed by atoms with Gasteiger partial charge in [0.1, 0.15) is 5.78 Å². The van der Waals surface area contributed by atoms with Crippen LogP contribution in [0.25, 0.3) is 0 Å². The summed E-state index contributed by atoms with van der Waals surface area (Å²) in [7, 11) is -4.35. The predicted octanol–water partition coefficient (Wildman–Crippen LogP) is 2.60. The van der Waals surface area contributed by atoms with Crippen molar-refractivity contribution in [1.82, 2.24) is 0 Å². The molecule has 0 bridgehead atoms. The minimum atomic E-state index is -4.35. The lowest BCUT2D eigenvalue weighted by atomic mass is 9.55. The van der Waals surface area contributed by atoms with E-state index < -0.39 is 15.2 Å². The van der Waals surface area contributed by atoms with E-state index in [1.165, 1.54) is 6.07 Å². The maximum absolute atomic E-state index is 12.4. The molecule has 2 N–H and O–H groups in total. The van der Waals surface area contributed by atoms with Gasteiger partial charge < -0.3 is 4.18 Å². The van der Waals surface area contributed by atoms with E-state index in [1.807, 2.05) is 0 Å². The van der Waals surface area contributed by atoms with E-state index >= 15 is 0 Å². The molecule has 2 saturated carbocycles. The second kappa shape index (κ2) is 6.00. The average molecular weight is 394 g/mol. The molecule has 0 amide bonds. The van der Waals surface area contributed by atoms with Crippen molar-refractivity contribution in [3.8, 4) is 5.75 Å². The van der Waals surface area contributed by atoms with Crippen molar-refractivity contribution in [2.24, 2.45) is 22.4 Å². The smallest absolute Gasteiger partial charge is 0.364 e. The zero-order valence-electron chi connectivity index (χ0n) is 15.0. The molecule has 1 aromatic rings. The minimum Gasteiger partial charge on any atom is -0.364 e. The molecular weight excluding hydrogens is 372 g/mol. The number of ketones is 1. The maximum Gasteiger partial charge on any atom is 0.380 e. The molecule has 1 aromatic carbocycles. The summed E-state index contributed by atoms with van der Waals surface area (Å²) >= 11 is 0. The van der Waals surface area contributed by atoms with Crippen LogP contribution in [-0.2, 0) is 21.5 Å². The van der Waals surface area contributed by atoms with Crippen LogP contribution in [0.3, 0.4) is 0 Å². The van der Waals surface area contributed by atoms with E-state index in [-0.39, 0.29) is 22.8 Å². The summed E-state index contributed by atoms with van der Waals surface area (Å²) in [5, 5.41) is 16.6. The average Bonchev–Trinajstić information content (AvgIpc) is 2.88. The van der Waals surface area contributed by atoms with Gasteiger partial charge in [0.25, 0.3) is 0 Å². The molecular formula is C18H22N2O6S. The summed E-state index contributed by atoms with van der Waals surface area (Å²) in [6, 6.07) is 3.07. The lowest BCUT2D eigenvalue weighted by Crippen LogP contribution is -2.42. The third-order valence-electron chi connectivity index (χ3n) is 6.94. The van der Waals surface area contributed by atoms with Gasteiger partial charge in [0, 0.05) is 17.4 Å². The highest BCUT2D eigenvalue weighted by molar-refractivity contribution is 7.84. The SMILES string of the molecule is C[C@]12CCC3c4ccc(OS(N)(=O)=O)c([N+](=O)[O-])c4CCC3C1CCC2=O. The molecule has 0 aromatic heterocycles. The van der Waals surface area contributed by atoms with Gasteiger partial charge in [-0.1, -0.05) is 13.0 Å². The van der Waals surface area contributed by atoms with Gasteiger partial charge >= 0.3 is 16.0 Å². The first kappa shape index (κ1) is 18.4. The topological polar surface area (TPSA) is 130 Å². The number of nitro groups is 1. The van der Waals surface area contributed by atoms with Crippen LogP contribution in [0.1, 0.15) is 56.1 Å². The fourth-order valence-electron chi connectivity index (χ4n) is 5.79. The van der Waals surface area contributed by atoms with Gasteiger partial charge in [-0.2, -0.15) is 13.6 Å². The van der Waals surface area contributed by atoms with E-state index in [1.54, 1.807) is 6.07 Å². The molecule has 4 rings (SSSR count). The summed E-state index contributed by atoms with van der Waals surface area (Å²) in [4.78, 5) is 23.5. The molecule has 3 unspecified atom stereocenters. The van der Waals surface area contributed by atoms with E-state index in [0.29, 0.717) is 36.0 Å². The molecule has 4 atom stereocenters. The third kappa shape index (κ3) is 2.84. The van der Waals surface area contributed by atoms with Gasteiger partial charge in [-0.15, -0.1) is 0 Å². The highest BCUT2D eigenvalue weighted by Gasteiger charge is 2.55. The van der Waals surface area contributed by atoms with Crippen molar-refractivity contribution in [1.29, 1.82) is 0 Å². The molecule has 27 heavy (non-hydrogen) atoms. The quantitative estimate of drug-likeness (QED) is 0.619. The van der Waals surface area contributed by atoms with Crippen molar-refractivity contribution in [2.75, 3.05) is 0 Å². The molecule has 8 nitrogen and oxygen atoms in total. The number of hydrogen-bond donors (Lipinski definition) is 1. The standard InChI is InChI=1S/C18H22N2O6S/c1-18-9-8-11-10-4-6-15(26-27(19,24)25)17(20(22)23)13(10)3-2-12(11)14(18)5-7-16(18)21/h4,6,11-12,14H,2-3,5,7-9H2,1H3,(H2,19,24,25)/t11?,12?,14?,18-/m0/s1. The number of fused-ring (bicyclic) bond motifs is 5. The Morgan fingerprint density at radius 3 is 2.67 bits per heavy atom. The molecule has 146 valence electrons. The Morgan fingerprint density at radius 1 is 1.26 bits per heavy atom. The number of benzene rings is 1. The molecule has 0 saturated heterocycles. The number of nitrogens with zero attached hydrogens (tertiary/aromatic N) is 1. The number of Topliss-reactive ketones (excluding diaryl/α,β-unsaturated/α-hetero) is 1. The number of nitro benzene ring substituents is 1. The molecule has 0 radical (unpaired) electrons. The van der Waals surface area contributed by atoms with Crippen LogP contribution in [0.15, 0.2) is 12.1 Å². The first-order valence-corrected chi connectivity index (χ1v) is 10.6. The van der Waals surface area contributed by atoms with E-state index in [0.717, 1.165) is 31.2 Å². The van der Waals surface area contributed by atoms with Crippen molar-refractivity contribution in [3.63, 3.8) is 0 Å². The predicted molar refractivity (Wildman–Crippen MR) is 96.5 cm³/mol. The normalized spacial score (nSPS) is 32.4. The Hall–Kier alpha value is -2.00. The summed E-state index contributed by atoms with van der Waals surface area (Å²) in [6.07, 6.45) is 4.34. The third-order valence-corrected chi connectivity index (χ3v) is 7.36. The fraction of sp³-hybridized carbons (Fsp3) is 0.611. The summed E-state index contributed by atoms with van der Waals surface area (Å²) < 4.78 is 27.2. The molecule has 3 aliphatic rings. The molecule has 0 heterocycles. The first-order valence-electron chi connectivity index (χ1n) is 9.17. The Morgan fingerprint density at radius 2 is 2.00 bits per heavy atom. The number of carbonyl (C=O) groups excluding carboxylic acids is 1. The van der Waals surface area contributed by atoms with Gasteiger partial charge in [0.15, 0.2) is 0 Å². The highest BCUT2D eigenvalue weighted by Crippen LogP contribution is 2.60. The highest BCUT2D eigenvalue weighted by atomic mass is 32.2. The summed E-state index contributed by atoms with van der Waals surface area (Å²) in [5.74, 6) is 0.805. The van der Waals surface area contributed by atoms with Gasteiger partial charge in [-0.25, -0.2) is 0 Å². The number of carbonyl (C=O) groups is 1. The monoisotopic (exact) mass is 394 g/mol. The molecule has 2 fully saturated rings. The molecule has 0 spiro atoms. The van der Waals surface area contributed by atoms with E-state index in [4.69, 9.17) is 5.14 Å². The van der Waals surface area contributed by atoms with Gasteiger partial charge in [0.05, 0.1) is 4.92 Å². The molecule has 0 aliphatic heterocycles. The minimum absolute atomic E-state index is 0.153. The van der Waals surface area contributed by atoms with Crippen molar-refractivity contribution < 1.29 is 22.3 Å². The number of nitrogens with two attached hydrogens (primary N) is 1. The van der Waals surface area contributed by atoms with Crippen LogP contribution in [0, 0.1) is 27.4 Å². The van der Waals surface area contributed by atoms with Crippen molar-refractivity contribution in [3.05, 3.63) is 33.4 Å².